The van der Waals surface area contributed by atoms with Crippen LogP contribution in [0, 0.1) is 0 Å². The zero-order valence-electron chi connectivity index (χ0n) is 18.6. The number of aromatic nitrogens is 5. The topological polar surface area (TPSA) is 202 Å². The summed E-state index contributed by atoms with van der Waals surface area (Å²) in [4.78, 5) is 57.4. The highest BCUT2D eigenvalue weighted by atomic mass is 16.3. The van der Waals surface area contributed by atoms with E-state index in [0.717, 1.165) is 18.2 Å². The third-order valence-corrected chi connectivity index (χ3v) is 5.65. The van der Waals surface area contributed by atoms with Gasteiger partial charge in [0.05, 0.1) is 16.7 Å². The molecular formula is C24H15N7O6. The first kappa shape index (κ1) is 21.8. The van der Waals surface area contributed by atoms with Crippen LogP contribution in [0.1, 0.15) is 0 Å². The number of aromatic amines is 3. The molecule has 3 aliphatic carbocycles. The molecule has 182 valence electrons. The number of nitrogens with zero attached hydrogens (tertiary/aromatic N) is 4. The van der Waals surface area contributed by atoms with Crippen LogP contribution in [-0.4, -0.2) is 57.2 Å². The lowest BCUT2D eigenvalue weighted by Crippen LogP contribution is -2.49. The number of carbonyl (C=O) groups is 3. The van der Waals surface area contributed by atoms with Crippen LogP contribution in [0.25, 0.3) is 17.1 Å². The Hall–Kier alpha value is -5.72. The molecule has 6 N–H and O–H groups in total. The molecule has 0 aromatic rings. The first-order valence-corrected chi connectivity index (χ1v) is 10.8. The van der Waals surface area contributed by atoms with E-state index in [1.165, 1.54) is 41.0 Å². The average Bonchev–Trinajstić information content (AvgIpc) is 2.83. The molecule has 0 aromatic carbocycles. The molecule has 0 saturated carbocycles. The van der Waals surface area contributed by atoms with E-state index in [0.29, 0.717) is 0 Å². The number of carbonyl (C=O) groups excluding carboxylic acids is 3. The molecule has 3 aliphatic heterocycles. The van der Waals surface area contributed by atoms with Crippen molar-refractivity contribution >= 4 is 28.5 Å². The van der Waals surface area contributed by atoms with E-state index in [1.54, 1.807) is 0 Å². The minimum Gasteiger partial charge on any atom is -0.507 e. The predicted octanol–water partition coefficient (Wildman–Crippen LogP) is -1.07. The van der Waals surface area contributed by atoms with Gasteiger partial charge in [0, 0.05) is 18.2 Å². The molecule has 37 heavy (non-hydrogen) atoms. The summed E-state index contributed by atoms with van der Waals surface area (Å²) in [5.74, 6) is -1.91. The Balaban J connectivity index is 1.76. The van der Waals surface area contributed by atoms with E-state index in [9.17, 15) is 29.7 Å². The third-order valence-electron chi connectivity index (χ3n) is 5.65. The summed E-state index contributed by atoms with van der Waals surface area (Å²) in [6.45, 7) is 0. The molecule has 0 aromatic heterocycles. The van der Waals surface area contributed by atoms with Gasteiger partial charge in [0.25, 0.3) is 0 Å². The summed E-state index contributed by atoms with van der Waals surface area (Å²) in [6, 6.07) is 0. The molecule has 0 fully saturated rings. The fraction of sp³-hybridized carbons (Fsp3) is 0. The second kappa shape index (κ2) is 7.91. The molecule has 6 aliphatic rings. The van der Waals surface area contributed by atoms with Crippen LogP contribution in [0.2, 0.25) is 0 Å². The molecule has 0 bridgehead atoms. The number of aliphatic hydroxyl groups excluding tert-OH is 3. The highest BCUT2D eigenvalue weighted by Gasteiger charge is 2.21. The fourth-order valence-electron chi connectivity index (χ4n) is 3.94. The lowest BCUT2D eigenvalue weighted by molar-refractivity contribution is -0.111. The van der Waals surface area contributed by atoms with E-state index >= 15 is 0 Å². The number of hydrogen-bond acceptors (Lipinski definition) is 9. The minimum atomic E-state index is -0.398. The van der Waals surface area contributed by atoms with Gasteiger partial charge in [0.15, 0.2) is 23.2 Å². The lowest BCUT2D eigenvalue weighted by Gasteiger charge is -2.17. The Morgan fingerprint density at radius 2 is 1.14 bits per heavy atom. The molecule has 6 rings (SSSR count). The van der Waals surface area contributed by atoms with E-state index in [2.05, 4.69) is 29.9 Å². The number of nitrogens with one attached hydrogen (secondary N) is 3. The van der Waals surface area contributed by atoms with Crippen molar-refractivity contribution in [3.05, 3.63) is 106 Å². The fourth-order valence-corrected chi connectivity index (χ4v) is 3.94. The lowest BCUT2D eigenvalue weighted by atomic mass is 10.1. The molecule has 0 unspecified atom stereocenters. The summed E-state index contributed by atoms with van der Waals surface area (Å²) in [5, 5.41) is 31.1. The van der Waals surface area contributed by atoms with Crippen molar-refractivity contribution < 1.29 is 29.7 Å². The van der Waals surface area contributed by atoms with Gasteiger partial charge in [-0.25, -0.2) is 4.57 Å². The summed E-state index contributed by atoms with van der Waals surface area (Å²) in [6.07, 6.45) is 11.1. The largest absolute Gasteiger partial charge is 0.507 e. The zero-order valence-corrected chi connectivity index (χ0v) is 18.6. The quantitative estimate of drug-likeness (QED) is 0.266. The van der Waals surface area contributed by atoms with Crippen molar-refractivity contribution in [1.29, 1.82) is 0 Å². The van der Waals surface area contributed by atoms with Crippen LogP contribution in [-0.2, 0) is 14.4 Å². The average molecular weight is 497 g/mol. The van der Waals surface area contributed by atoms with Crippen molar-refractivity contribution in [1.82, 2.24) is 24.5 Å². The molecule has 13 nitrogen and oxygen atoms in total. The zero-order chi connectivity index (χ0) is 25.8. The summed E-state index contributed by atoms with van der Waals surface area (Å²) in [7, 11) is 0. The summed E-state index contributed by atoms with van der Waals surface area (Å²) < 4.78 is 1.47. The number of hydrogen-bond donors (Lipinski definition) is 6. The van der Waals surface area contributed by atoms with Gasteiger partial charge in [-0.05, 0) is 36.5 Å². The Kier molecular flexibility index (Phi) is 4.66. The van der Waals surface area contributed by atoms with E-state index in [1.807, 2.05) is 0 Å². The van der Waals surface area contributed by atoms with Gasteiger partial charge in [-0.3, -0.25) is 14.4 Å². The number of allylic oxidation sites excluding steroid dienone is 9. The van der Waals surface area contributed by atoms with Crippen LogP contribution in [0.15, 0.2) is 93.3 Å². The van der Waals surface area contributed by atoms with Crippen LogP contribution in [0.4, 0.5) is 0 Å². The molecule has 0 atom stereocenters. The smallest absolute Gasteiger partial charge is 0.220 e. The van der Waals surface area contributed by atoms with Crippen molar-refractivity contribution in [3.8, 4) is 5.95 Å². The second-order valence-electron chi connectivity index (χ2n) is 8.10. The highest BCUT2D eigenvalue weighted by molar-refractivity contribution is 6.06. The minimum absolute atomic E-state index is 0.0406. The molecule has 13 heteroatoms. The van der Waals surface area contributed by atoms with Crippen LogP contribution >= 0.6 is 0 Å². The monoisotopic (exact) mass is 497 g/mol. The Morgan fingerprint density at radius 1 is 0.622 bits per heavy atom. The van der Waals surface area contributed by atoms with Gasteiger partial charge >= 0.3 is 0 Å². The predicted molar refractivity (Wildman–Crippen MR) is 125 cm³/mol. The van der Waals surface area contributed by atoms with Gasteiger partial charge in [-0.2, -0.15) is 15.0 Å². The Labute approximate surface area is 204 Å². The van der Waals surface area contributed by atoms with E-state index < -0.39 is 11.6 Å². The van der Waals surface area contributed by atoms with Gasteiger partial charge in [-0.1, -0.05) is 0 Å². The van der Waals surface area contributed by atoms with Crippen LogP contribution < -0.4 is 22.2 Å². The maximum atomic E-state index is 11.6. The molecule has 0 amide bonds. The Bertz CT molecular complexity index is 1850. The molecule has 3 heterocycles. The van der Waals surface area contributed by atoms with Crippen LogP contribution in [0.3, 0.4) is 0 Å². The van der Waals surface area contributed by atoms with E-state index in [-0.39, 0.29) is 73.7 Å². The number of ketones is 3. The molecule has 0 saturated heterocycles. The van der Waals surface area contributed by atoms with Gasteiger partial charge < -0.3 is 30.3 Å². The van der Waals surface area contributed by atoms with Crippen molar-refractivity contribution in [2.75, 3.05) is 0 Å². The molecular weight excluding hydrogens is 482 g/mol. The van der Waals surface area contributed by atoms with Gasteiger partial charge in [-0.15, -0.1) is 0 Å². The van der Waals surface area contributed by atoms with Gasteiger partial charge in [0.1, 0.15) is 28.2 Å². The van der Waals surface area contributed by atoms with Gasteiger partial charge in [0.2, 0.25) is 17.2 Å². The van der Waals surface area contributed by atoms with Crippen molar-refractivity contribution in [2.24, 2.45) is 9.98 Å². The second-order valence-corrected chi connectivity index (χ2v) is 8.10. The SMILES string of the molecule is O=C1C=C/C(=C2\N=c3[nH]/c(=C4/C=CC(=O)C=C4O)nc4[nH]/c(=C5/C=CC(=O)C=C5O)[nH]c(n3-4)=N2)C(O)=C1. The summed E-state index contributed by atoms with van der Waals surface area (Å²) >= 11 is 0. The van der Waals surface area contributed by atoms with Crippen molar-refractivity contribution in [3.63, 3.8) is 0 Å². The number of H-pyrrole nitrogens is 3. The molecule has 0 radical (unpaired) electrons. The first-order chi connectivity index (χ1) is 17.8. The number of aliphatic hydroxyl groups is 3. The normalized spacial score (nSPS) is 23.5. The highest BCUT2D eigenvalue weighted by Crippen LogP contribution is 2.20. The number of rotatable bonds is 0. The maximum absolute atomic E-state index is 11.6. The standard InChI is InChI=1S/C24H15N7O6/c32-10-1-4-13(16(35)7-10)19-25-22-27-20(14-5-2-11(33)8-17(14)36)29-24-30-21(28-23(26-19)31(22)24)15-6-3-12(34)9-18(15)37/h1-9,35-37H,(H,25,27)(H,26,28)(H,29,30)/b19-13-,20-14+,21-15-. The third kappa shape index (κ3) is 3.67. The summed E-state index contributed by atoms with van der Waals surface area (Å²) in [5.41, 5.74) is 1.31. The van der Waals surface area contributed by atoms with Crippen molar-refractivity contribution in [2.45, 2.75) is 0 Å². The Morgan fingerprint density at radius 3 is 1.70 bits per heavy atom. The molecule has 0 spiro atoms. The van der Waals surface area contributed by atoms with Crippen LogP contribution in [0.5, 0.6) is 0 Å². The van der Waals surface area contributed by atoms with E-state index in [4.69, 9.17) is 0 Å². The first-order valence-electron chi connectivity index (χ1n) is 10.8. The maximum Gasteiger partial charge on any atom is 0.220 e.